The fraction of sp³-hybridized carbons (Fsp3) is 0.588. The molecule has 0 amide bonds. The maximum absolute atomic E-state index is 13.1. The molecule has 0 aliphatic carbocycles. The second-order valence-electron chi connectivity index (χ2n) is 7.48. The number of halogens is 3. The summed E-state index contributed by atoms with van der Waals surface area (Å²) in [7, 11) is 3.26. The molecule has 0 aliphatic rings. The Kier molecular flexibility index (Phi) is 5.21. The van der Waals surface area contributed by atoms with Gasteiger partial charge in [-0.3, -0.25) is 4.68 Å². The molecule has 0 radical (unpaired) electrons. The van der Waals surface area contributed by atoms with Crippen LogP contribution in [0.2, 0.25) is 0 Å². The normalized spacial score (nSPS) is 13.6. The van der Waals surface area contributed by atoms with Gasteiger partial charge in [0.25, 0.3) is 0 Å². The van der Waals surface area contributed by atoms with Gasteiger partial charge in [0, 0.05) is 31.9 Å². The van der Waals surface area contributed by atoms with Crippen LogP contribution in [0.3, 0.4) is 0 Å². The molecule has 2 heterocycles. The number of alkyl halides is 3. The zero-order chi connectivity index (χ0) is 19.9. The highest BCUT2D eigenvalue weighted by molar-refractivity contribution is 5.45. The highest BCUT2D eigenvalue weighted by Gasteiger charge is 2.34. The summed E-state index contributed by atoms with van der Waals surface area (Å²) >= 11 is 0. The highest BCUT2D eigenvalue weighted by atomic mass is 19.4. The van der Waals surface area contributed by atoms with Crippen LogP contribution in [0.1, 0.15) is 50.7 Å². The summed E-state index contributed by atoms with van der Waals surface area (Å²) in [5.74, 6) is 0.114. The summed E-state index contributed by atoms with van der Waals surface area (Å²) < 4.78 is 41.2. The molecule has 0 aromatic carbocycles. The van der Waals surface area contributed by atoms with Crippen molar-refractivity contribution in [1.82, 2.24) is 19.7 Å². The van der Waals surface area contributed by atoms with E-state index in [1.165, 1.54) is 4.90 Å². The van der Waals surface area contributed by atoms with Gasteiger partial charge in [-0.25, -0.2) is 4.98 Å². The van der Waals surface area contributed by atoms with Gasteiger partial charge in [-0.05, 0) is 34.6 Å². The molecule has 6 nitrogen and oxygen atoms in total. The van der Waals surface area contributed by atoms with Crippen molar-refractivity contribution in [3.63, 3.8) is 0 Å². The number of rotatable bonds is 4. The van der Waals surface area contributed by atoms with Crippen molar-refractivity contribution < 1.29 is 13.2 Å². The lowest BCUT2D eigenvalue weighted by Crippen LogP contribution is -2.22. The molecule has 9 heteroatoms. The zero-order valence-electron chi connectivity index (χ0n) is 16.1. The first-order valence-corrected chi connectivity index (χ1v) is 8.26. The van der Waals surface area contributed by atoms with Crippen LogP contribution in [-0.2, 0) is 11.7 Å². The first kappa shape index (κ1) is 20.0. The standard InChI is InChI=1S/C17H25F3N6/c1-10(12-9-26(16(3,4)5)24-11(12)2)21-15-22-13(17(18,19)20)8-14(23-15)25(6)7/h8-10H,1-7H3,(H,21,22,23). The van der Waals surface area contributed by atoms with Crippen LogP contribution in [0.5, 0.6) is 0 Å². The van der Waals surface area contributed by atoms with E-state index in [1.54, 1.807) is 14.1 Å². The molecule has 1 atom stereocenters. The maximum atomic E-state index is 13.1. The number of hydrogen-bond acceptors (Lipinski definition) is 5. The number of hydrogen-bond donors (Lipinski definition) is 1. The topological polar surface area (TPSA) is 58.9 Å². The lowest BCUT2D eigenvalue weighted by molar-refractivity contribution is -0.141. The molecule has 2 rings (SSSR count). The minimum atomic E-state index is -4.54. The van der Waals surface area contributed by atoms with E-state index in [1.807, 2.05) is 45.5 Å². The average Bonchev–Trinajstić information content (AvgIpc) is 2.88. The molecule has 0 bridgehead atoms. The van der Waals surface area contributed by atoms with Crippen molar-refractivity contribution in [3.05, 3.63) is 29.2 Å². The zero-order valence-corrected chi connectivity index (χ0v) is 16.1. The number of anilines is 2. The van der Waals surface area contributed by atoms with Gasteiger partial charge in [-0.15, -0.1) is 0 Å². The van der Waals surface area contributed by atoms with E-state index >= 15 is 0 Å². The Balaban J connectivity index is 2.36. The van der Waals surface area contributed by atoms with Gasteiger partial charge < -0.3 is 10.2 Å². The molecular formula is C17H25F3N6. The Morgan fingerprint density at radius 2 is 1.77 bits per heavy atom. The van der Waals surface area contributed by atoms with Crippen molar-refractivity contribution in [2.24, 2.45) is 0 Å². The largest absolute Gasteiger partial charge is 0.433 e. The van der Waals surface area contributed by atoms with E-state index in [0.29, 0.717) is 0 Å². The highest BCUT2D eigenvalue weighted by Crippen LogP contribution is 2.31. The van der Waals surface area contributed by atoms with Crippen molar-refractivity contribution >= 4 is 11.8 Å². The third-order valence-corrected chi connectivity index (χ3v) is 3.90. The van der Waals surface area contributed by atoms with E-state index in [-0.39, 0.29) is 23.3 Å². The second-order valence-corrected chi connectivity index (χ2v) is 7.48. The lowest BCUT2D eigenvalue weighted by Gasteiger charge is -2.19. The third-order valence-electron chi connectivity index (χ3n) is 3.90. The van der Waals surface area contributed by atoms with Crippen LogP contribution in [0.15, 0.2) is 12.3 Å². The van der Waals surface area contributed by atoms with Gasteiger partial charge in [-0.2, -0.15) is 23.3 Å². The fourth-order valence-electron chi connectivity index (χ4n) is 2.39. The molecule has 2 aromatic heterocycles. The van der Waals surface area contributed by atoms with Crippen LogP contribution in [0, 0.1) is 6.92 Å². The molecule has 1 unspecified atom stereocenters. The van der Waals surface area contributed by atoms with Crippen LogP contribution >= 0.6 is 0 Å². The maximum Gasteiger partial charge on any atom is 0.433 e. The van der Waals surface area contributed by atoms with Gasteiger partial charge in [0.05, 0.1) is 17.3 Å². The van der Waals surface area contributed by atoms with Crippen LogP contribution in [0.25, 0.3) is 0 Å². The molecule has 0 spiro atoms. The summed E-state index contributed by atoms with van der Waals surface area (Å²) in [6.45, 7) is 9.80. The van der Waals surface area contributed by atoms with Crippen molar-refractivity contribution in [2.75, 3.05) is 24.3 Å². The smallest absolute Gasteiger partial charge is 0.363 e. The summed E-state index contributed by atoms with van der Waals surface area (Å²) in [4.78, 5) is 9.32. The predicted octanol–water partition coefficient (Wildman–Crippen LogP) is 3.99. The van der Waals surface area contributed by atoms with Crippen molar-refractivity contribution in [3.8, 4) is 0 Å². The molecule has 0 saturated carbocycles. The summed E-state index contributed by atoms with van der Waals surface area (Å²) in [6.07, 6.45) is -2.64. The Morgan fingerprint density at radius 1 is 1.15 bits per heavy atom. The fourth-order valence-corrected chi connectivity index (χ4v) is 2.39. The monoisotopic (exact) mass is 370 g/mol. The van der Waals surface area contributed by atoms with Crippen LogP contribution in [0.4, 0.5) is 24.9 Å². The molecule has 26 heavy (non-hydrogen) atoms. The van der Waals surface area contributed by atoms with Gasteiger partial charge in [0.2, 0.25) is 5.95 Å². The Labute approximate surface area is 151 Å². The van der Waals surface area contributed by atoms with E-state index in [9.17, 15) is 13.2 Å². The van der Waals surface area contributed by atoms with Gasteiger partial charge >= 0.3 is 6.18 Å². The molecule has 144 valence electrons. The van der Waals surface area contributed by atoms with E-state index in [4.69, 9.17) is 0 Å². The molecule has 1 N–H and O–H groups in total. The molecule has 0 aliphatic heterocycles. The third kappa shape index (κ3) is 4.44. The Morgan fingerprint density at radius 3 is 2.23 bits per heavy atom. The van der Waals surface area contributed by atoms with Gasteiger partial charge in [0.15, 0.2) is 5.69 Å². The quantitative estimate of drug-likeness (QED) is 0.882. The Hall–Kier alpha value is -2.32. The lowest BCUT2D eigenvalue weighted by atomic mass is 10.1. The molecule has 2 aromatic rings. The van der Waals surface area contributed by atoms with Gasteiger partial charge in [0.1, 0.15) is 5.82 Å². The van der Waals surface area contributed by atoms with Crippen molar-refractivity contribution in [1.29, 1.82) is 0 Å². The van der Waals surface area contributed by atoms with Gasteiger partial charge in [-0.1, -0.05) is 0 Å². The Bertz CT molecular complexity index is 774. The van der Waals surface area contributed by atoms with Crippen LogP contribution < -0.4 is 10.2 Å². The minimum Gasteiger partial charge on any atom is -0.363 e. The van der Waals surface area contributed by atoms with Crippen molar-refractivity contribution in [2.45, 2.75) is 52.4 Å². The molecule has 0 saturated heterocycles. The average molecular weight is 370 g/mol. The van der Waals surface area contributed by atoms with E-state index < -0.39 is 11.9 Å². The minimum absolute atomic E-state index is 0.0704. The number of nitrogens with one attached hydrogen (secondary N) is 1. The first-order valence-electron chi connectivity index (χ1n) is 8.26. The van der Waals surface area contributed by atoms with E-state index in [2.05, 4.69) is 20.4 Å². The van der Waals surface area contributed by atoms with E-state index in [0.717, 1.165) is 17.3 Å². The first-order chi connectivity index (χ1) is 11.8. The number of aryl methyl sites for hydroxylation is 1. The SMILES string of the molecule is Cc1nn(C(C)(C)C)cc1C(C)Nc1nc(N(C)C)cc(C(F)(F)F)n1. The second kappa shape index (κ2) is 6.77. The molecular weight excluding hydrogens is 345 g/mol. The number of nitrogens with zero attached hydrogens (tertiary/aromatic N) is 5. The predicted molar refractivity (Wildman–Crippen MR) is 95.4 cm³/mol. The number of aromatic nitrogens is 4. The summed E-state index contributed by atoms with van der Waals surface area (Å²) in [6, 6.07) is 0.628. The summed E-state index contributed by atoms with van der Waals surface area (Å²) in [5, 5.41) is 7.46. The summed E-state index contributed by atoms with van der Waals surface area (Å²) in [5.41, 5.74) is 0.521. The molecule has 0 fully saturated rings. The van der Waals surface area contributed by atoms with Crippen LogP contribution in [-0.4, -0.2) is 33.8 Å².